The lowest BCUT2D eigenvalue weighted by molar-refractivity contribution is 0.794. The van der Waals surface area contributed by atoms with E-state index >= 15 is 0 Å². The van der Waals surface area contributed by atoms with Gasteiger partial charge < -0.3 is 11.1 Å². The summed E-state index contributed by atoms with van der Waals surface area (Å²) in [7, 11) is 0. The number of nitrogens with one attached hydrogen (secondary N) is 1. The molecule has 1 fully saturated rings. The monoisotopic (exact) mass is 266 g/mol. The fourth-order valence-electron chi connectivity index (χ4n) is 2.21. The lowest BCUT2D eigenvalue weighted by atomic mass is 10.0. The van der Waals surface area contributed by atoms with Crippen LogP contribution in [-0.4, -0.2) is 6.54 Å². The van der Waals surface area contributed by atoms with Crippen molar-refractivity contribution in [1.82, 2.24) is 0 Å². The van der Waals surface area contributed by atoms with Crippen molar-refractivity contribution < 1.29 is 0 Å². The van der Waals surface area contributed by atoms with Crippen LogP contribution >= 0.6 is 15.9 Å². The molecule has 0 aromatic heterocycles. The summed E-state index contributed by atoms with van der Waals surface area (Å²) in [4.78, 5) is 0.524. The average Bonchev–Trinajstić information content (AvgIpc) is 3.04. The van der Waals surface area contributed by atoms with Gasteiger partial charge in [0, 0.05) is 23.1 Å². The Bertz CT molecular complexity index is 387. The molecule has 1 aromatic carbocycles. The van der Waals surface area contributed by atoms with Gasteiger partial charge >= 0.3 is 0 Å². The van der Waals surface area contributed by atoms with Crippen molar-refractivity contribution in [3.8, 4) is 0 Å². The van der Waals surface area contributed by atoms with Gasteiger partial charge in [-0.25, -0.2) is 0 Å². The third kappa shape index (κ3) is 1.68. The molecule has 0 bridgehead atoms. The molecule has 0 spiro atoms. The molecule has 0 unspecified atom stereocenters. The molecular formula is C12H15BrN2. The Morgan fingerprint density at radius 2 is 2.20 bits per heavy atom. The molecule has 2 atom stereocenters. The second kappa shape index (κ2) is 3.49. The van der Waals surface area contributed by atoms with E-state index in [0.29, 0.717) is 4.83 Å². The molecule has 3 rings (SSSR count). The third-order valence-electron chi connectivity index (χ3n) is 3.34. The first kappa shape index (κ1) is 9.67. The highest BCUT2D eigenvalue weighted by atomic mass is 79.9. The number of benzene rings is 1. The number of hydrogen-bond donors (Lipinski definition) is 2. The zero-order valence-corrected chi connectivity index (χ0v) is 10.1. The Hall–Kier alpha value is -0.540. The van der Waals surface area contributed by atoms with Gasteiger partial charge in [0.15, 0.2) is 0 Å². The number of nitrogens with two attached hydrogens (primary N) is 1. The first-order chi connectivity index (χ1) is 7.25. The van der Waals surface area contributed by atoms with E-state index in [0.717, 1.165) is 12.5 Å². The maximum atomic E-state index is 6.03. The molecule has 0 radical (unpaired) electrons. The van der Waals surface area contributed by atoms with Crippen molar-refractivity contribution in [2.75, 3.05) is 11.9 Å². The van der Waals surface area contributed by atoms with Crippen LogP contribution in [0.25, 0.3) is 0 Å². The lowest BCUT2D eigenvalue weighted by Gasteiger charge is -2.11. The van der Waals surface area contributed by atoms with Crippen LogP contribution in [0.2, 0.25) is 0 Å². The number of anilines is 1. The zero-order valence-electron chi connectivity index (χ0n) is 8.54. The number of alkyl halides is 1. The lowest BCUT2D eigenvalue weighted by Crippen LogP contribution is -2.11. The van der Waals surface area contributed by atoms with Crippen LogP contribution in [0.1, 0.15) is 34.8 Å². The van der Waals surface area contributed by atoms with E-state index in [2.05, 4.69) is 39.4 Å². The van der Waals surface area contributed by atoms with Gasteiger partial charge in [0.2, 0.25) is 0 Å². The molecule has 0 saturated heterocycles. The molecule has 1 heterocycles. The number of rotatable bonds is 2. The smallest absolute Gasteiger partial charge is 0.0491 e. The van der Waals surface area contributed by atoms with Gasteiger partial charge in [0.1, 0.15) is 0 Å². The normalized spacial score (nSPS) is 25.9. The van der Waals surface area contributed by atoms with Crippen LogP contribution in [0.5, 0.6) is 0 Å². The summed E-state index contributed by atoms with van der Waals surface area (Å²) in [6.45, 7) is 0.870. The Balaban J connectivity index is 1.93. The highest BCUT2D eigenvalue weighted by Gasteiger charge is 2.31. The van der Waals surface area contributed by atoms with Gasteiger partial charge in [-0.2, -0.15) is 0 Å². The molecule has 0 amide bonds. The minimum absolute atomic E-state index is 0.166. The number of hydrogen-bond acceptors (Lipinski definition) is 2. The van der Waals surface area contributed by atoms with Crippen molar-refractivity contribution in [3.05, 3.63) is 29.3 Å². The summed E-state index contributed by atoms with van der Waals surface area (Å²) >= 11 is 3.78. The molecular weight excluding hydrogens is 252 g/mol. The summed E-state index contributed by atoms with van der Waals surface area (Å²) in [6, 6.07) is 6.80. The van der Waals surface area contributed by atoms with Gasteiger partial charge in [-0.3, -0.25) is 0 Å². The molecule has 2 nitrogen and oxygen atoms in total. The van der Waals surface area contributed by atoms with E-state index in [1.165, 1.54) is 29.7 Å². The van der Waals surface area contributed by atoms with Crippen LogP contribution in [0, 0.1) is 5.92 Å². The zero-order chi connectivity index (χ0) is 10.4. The SMILES string of the molecule is N[C@@H]1CNc2ccc([C@H](Br)C3CC3)cc21. The van der Waals surface area contributed by atoms with Crippen LogP contribution in [0.4, 0.5) is 5.69 Å². The minimum atomic E-state index is 0.166. The van der Waals surface area contributed by atoms with Crippen molar-refractivity contribution in [3.63, 3.8) is 0 Å². The Morgan fingerprint density at radius 3 is 2.93 bits per heavy atom. The quantitative estimate of drug-likeness (QED) is 0.808. The van der Waals surface area contributed by atoms with Crippen molar-refractivity contribution >= 4 is 21.6 Å². The van der Waals surface area contributed by atoms with Crippen LogP contribution < -0.4 is 11.1 Å². The van der Waals surface area contributed by atoms with E-state index in [1.807, 2.05) is 0 Å². The van der Waals surface area contributed by atoms with E-state index in [9.17, 15) is 0 Å². The van der Waals surface area contributed by atoms with Crippen LogP contribution in [0.3, 0.4) is 0 Å². The fraction of sp³-hybridized carbons (Fsp3) is 0.500. The maximum Gasteiger partial charge on any atom is 0.0491 e. The van der Waals surface area contributed by atoms with E-state index < -0.39 is 0 Å². The first-order valence-corrected chi connectivity index (χ1v) is 6.44. The van der Waals surface area contributed by atoms with Crippen LogP contribution in [0.15, 0.2) is 18.2 Å². The highest BCUT2D eigenvalue weighted by molar-refractivity contribution is 9.09. The molecule has 1 aliphatic carbocycles. The minimum Gasteiger partial charge on any atom is -0.383 e. The molecule has 15 heavy (non-hydrogen) atoms. The van der Waals surface area contributed by atoms with Crippen molar-refractivity contribution in [2.45, 2.75) is 23.7 Å². The highest BCUT2D eigenvalue weighted by Crippen LogP contribution is 2.47. The predicted octanol–water partition coefficient (Wildman–Crippen LogP) is 2.96. The van der Waals surface area contributed by atoms with Crippen molar-refractivity contribution in [2.24, 2.45) is 11.7 Å². The summed E-state index contributed by atoms with van der Waals surface area (Å²) in [5, 5.41) is 3.32. The maximum absolute atomic E-state index is 6.03. The fourth-order valence-corrected chi connectivity index (χ4v) is 3.02. The molecule has 3 heteroatoms. The second-order valence-electron chi connectivity index (χ2n) is 4.57. The average molecular weight is 267 g/mol. The molecule has 80 valence electrons. The molecule has 1 aliphatic heterocycles. The standard InChI is InChI=1S/C12H15BrN2/c13-12(7-1-2-7)8-3-4-11-9(5-8)10(14)6-15-11/h3-5,7,10,12,15H,1-2,6,14H2/t10-,12-/m1/s1. The summed E-state index contributed by atoms with van der Waals surface area (Å²) < 4.78 is 0. The van der Waals surface area contributed by atoms with Gasteiger partial charge in [0.05, 0.1) is 0 Å². The second-order valence-corrected chi connectivity index (χ2v) is 5.56. The van der Waals surface area contributed by atoms with Crippen LogP contribution in [-0.2, 0) is 0 Å². The van der Waals surface area contributed by atoms with Gasteiger partial charge in [0.25, 0.3) is 0 Å². The summed E-state index contributed by atoms with van der Waals surface area (Å²) in [5.74, 6) is 0.841. The Labute approximate surface area is 98.4 Å². The summed E-state index contributed by atoms with van der Waals surface area (Å²) in [5.41, 5.74) is 9.90. The molecule has 1 aromatic rings. The Morgan fingerprint density at radius 1 is 1.40 bits per heavy atom. The third-order valence-corrected chi connectivity index (χ3v) is 4.62. The van der Waals surface area contributed by atoms with Gasteiger partial charge in [-0.15, -0.1) is 0 Å². The topological polar surface area (TPSA) is 38.0 Å². The molecule has 1 saturated carbocycles. The van der Waals surface area contributed by atoms with Crippen molar-refractivity contribution in [1.29, 1.82) is 0 Å². The van der Waals surface area contributed by atoms with E-state index in [1.54, 1.807) is 0 Å². The van der Waals surface area contributed by atoms with Gasteiger partial charge in [-0.05, 0) is 36.0 Å². The predicted molar refractivity (Wildman–Crippen MR) is 66.3 cm³/mol. The molecule has 2 aliphatic rings. The van der Waals surface area contributed by atoms with Gasteiger partial charge in [-0.1, -0.05) is 28.1 Å². The first-order valence-electron chi connectivity index (χ1n) is 5.53. The number of halogens is 1. The van der Waals surface area contributed by atoms with E-state index in [-0.39, 0.29) is 6.04 Å². The largest absolute Gasteiger partial charge is 0.383 e. The van der Waals surface area contributed by atoms with E-state index in [4.69, 9.17) is 5.73 Å². The Kier molecular flexibility index (Phi) is 2.25. The summed E-state index contributed by atoms with van der Waals surface area (Å²) in [6.07, 6.45) is 2.72. The number of fused-ring (bicyclic) bond motifs is 1. The molecule has 3 N–H and O–H groups in total.